The van der Waals surface area contributed by atoms with Gasteiger partial charge in [0.25, 0.3) is 5.91 Å². The number of carbonyl (C=O) groups excluding carboxylic acids is 1. The lowest BCUT2D eigenvalue weighted by Crippen LogP contribution is -2.27. The first kappa shape index (κ1) is 15.4. The largest absolute Gasteiger partial charge is 0.341 e. The van der Waals surface area contributed by atoms with Crippen LogP contribution in [0.1, 0.15) is 16.1 Å². The van der Waals surface area contributed by atoms with E-state index in [-0.39, 0.29) is 5.91 Å². The van der Waals surface area contributed by atoms with Crippen molar-refractivity contribution >= 4 is 23.0 Å². The monoisotopic (exact) mass is 329 g/mol. The van der Waals surface area contributed by atoms with Gasteiger partial charge in [0.15, 0.2) is 0 Å². The summed E-state index contributed by atoms with van der Waals surface area (Å²) in [6.45, 7) is 0.922. The molecule has 0 saturated carbocycles. The minimum Gasteiger partial charge on any atom is -0.341 e. The van der Waals surface area contributed by atoms with Crippen LogP contribution >= 0.6 is 0 Å². The zero-order chi connectivity index (χ0) is 17.2. The molecule has 25 heavy (non-hydrogen) atoms. The number of aromatic nitrogens is 1. The van der Waals surface area contributed by atoms with Crippen LogP contribution in [0.15, 0.2) is 72.9 Å². The van der Waals surface area contributed by atoms with Crippen LogP contribution in [0.3, 0.4) is 0 Å². The highest BCUT2D eigenvalue weighted by molar-refractivity contribution is 6.05. The van der Waals surface area contributed by atoms with Crippen molar-refractivity contribution in [2.75, 3.05) is 23.4 Å². The molecular weight excluding hydrogens is 310 g/mol. The van der Waals surface area contributed by atoms with E-state index in [1.165, 1.54) is 11.3 Å². The van der Waals surface area contributed by atoms with Gasteiger partial charge in [-0.05, 0) is 42.3 Å². The number of anilines is 3. The molecule has 0 atom stereocenters. The first-order valence-corrected chi connectivity index (χ1v) is 8.38. The molecule has 124 valence electrons. The molecule has 4 heteroatoms. The molecule has 0 spiro atoms. The summed E-state index contributed by atoms with van der Waals surface area (Å²) in [5.41, 5.74) is 4.86. The number of nitrogens with zero attached hydrogens (tertiary/aromatic N) is 3. The second kappa shape index (κ2) is 6.40. The van der Waals surface area contributed by atoms with E-state index in [4.69, 9.17) is 0 Å². The Balaban J connectivity index is 1.63. The summed E-state index contributed by atoms with van der Waals surface area (Å²) in [5.74, 6) is -0.111. The van der Waals surface area contributed by atoms with Gasteiger partial charge in [0.05, 0.1) is 0 Å². The van der Waals surface area contributed by atoms with Crippen LogP contribution in [0.25, 0.3) is 0 Å². The zero-order valence-electron chi connectivity index (χ0n) is 14.1. The van der Waals surface area contributed by atoms with Crippen LogP contribution in [-0.2, 0) is 6.42 Å². The van der Waals surface area contributed by atoms with E-state index in [0.29, 0.717) is 5.69 Å². The maximum atomic E-state index is 12.8. The van der Waals surface area contributed by atoms with Gasteiger partial charge in [-0.25, -0.2) is 0 Å². The number of hydrogen-bond donors (Lipinski definition) is 0. The molecule has 2 heterocycles. The highest BCUT2D eigenvalue weighted by Gasteiger charge is 2.22. The summed E-state index contributed by atoms with van der Waals surface area (Å²) >= 11 is 0. The van der Waals surface area contributed by atoms with E-state index in [9.17, 15) is 4.79 Å². The van der Waals surface area contributed by atoms with E-state index in [0.717, 1.165) is 24.3 Å². The summed E-state index contributed by atoms with van der Waals surface area (Å²) in [4.78, 5) is 21.0. The number of amides is 1. The minimum atomic E-state index is -0.111. The molecular formula is C21H19N3O. The van der Waals surface area contributed by atoms with E-state index in [2.05, 4.69) is 28.1 Å². The van der Waals surface area contributed by atoms with Gasteiger partial charge in [0.1, 0.15) is 5.69 Å². The second-order valence-corrected chi connectivity index (χ2v) is 6.13. The molecule has 1 amide bonds. The second-order valence-electron chi connectivity index (χ2n) is 6.13. The number of hydrogen-bond acceptors (Lipinski definition) is 3. The number of benzene rings is 2. The van der Waals surface area contributed by atoms with Crippen molar-refractivity contribution in [1.82, 2.24) is 4.98 Å². The third-order valence-corrected chi connectivity index (χ3v) is 4.61. The quantitative estimate of drug-likeness (QED) is 0.727. The van der Waals surface area contributed by atoms with E-state index in [1.54, 1.807) is 18.1 Å². The van der Waals surface area contributed by atoms with E-state index < -0.39 is 0 Å². The van der Waals surface area contributed by atoms with Crippen LogP contribution in [0.5, 0.6) is 0 Å². The average Bonchev–Trinajstić information content (AvgIpc) is 3.12. The fraction of sp³-hybridized carbons (Fsp3) is 0.143. The van der Waals surface area contributed by atoms with Gasteiger partial charge in [-0.1, -0.05) is 36.4 Å². The van der Waals surface area contributed by atoms with Crippen molar-refractivity contribution in [3.63, 3.8) is 0 Å². The van der Waals surface area contributed by atoms with Crippen molar-refractivity contribution in [1.29, 1.82) is 0 Å². The van der Waals surface area contributed by atoms with E-state index in [1.807, 2.05) is 48.5 Å². The maximum Gasteiger partial charge on any atom is 0.276 e. The molecule has 2 aromatic carbocycles. The number of rotatable bonds is 3. The van der Waals surface area contributed by atoms with Crippen LogP contribution in [0, 0.1) is 0 Å². The summed E-state index contributed by atoms with van der Waals surface area (Å²) in [7, 11) is 1.77. The first-order chi connectivity index (χ1) is 12.2. The topological polar surface area (TPSA) is 36.4 Å². The van der Waals surface area contributed by atoms with Gasteiger partial charge < -0.3 is 9.80 Å². The number of fused-ring (bicyclic) bond motifs is 1. The van der Waals surface area contributed by atoms with Gasteiger partial charge in [-0.15, -0.1) is 0 Å². The fourth-order valence-corrected chi connectivity index (χ4v) is 3.25. The van der Waals surface area contributed by atoms with Gasteiger partial charge in [-0.2, -0.15) is 0 Å². The van der Waals surface area contributed by atoms with Gasteiger partial charge in [0.2, 0.25) is 0 Å². The Hall–Kier alpha value is -3.14. The number of para-hydroxylation sites is 2. The number of carbonyl (C=O) groups is 1. The Morgan fingerprint density at radius 1 is 1.04 bits per heavy atom. The summed E-state index contributed by atoms with van der Waals surface area (Å²) in [5, 5.41) is 0. The summed E-state index contributed by atoms with van der Waals surface area (Å²) in [6.07, 6.45) is 2.73. The van der Waals surface area contributed by atoms with Crippen LogP contribution < -0.4 is 9.80 Å². The molecule has 4 nitrogen and oxygen atoms in total. The SMILES string of the molecule is CN(C(=O)c1cc(N2CCc3ccccc32)ccn1)c1ccccc1. The molecule has 1 aromatic heterocycles. The molecule has 1 aliphatic heterocycles. The van der Waals surface area contributed by atoms with Crippen molar-refractivity contribution in [2.24, 2.45) is 0 Å². The molecule has 0 saturated heterocycles. The molecule has 0 N–H and O–H groups in total. The minimum absolute atomic E-state index is 0.111. The molecule has 0 unspecified atom stereocenters. The van der Waals surface area contributed by atoms with Crippen molar-refractivity contribution in [3.05, 3.63) is 84.2 Å². The van der Waals surface area contributed by atoms with Crippen molar-refractivity contribution in [2.45, 2.75) is 6.42 Å². The van der Waals surface area contributed by atoms with Crippen LogP contribution in [0.4, 0.5) is 17.1 Å². The van der Waals surface area contributed by atoms with Gasteiger partial charge in [0, 0.05) is 36.9 Å². The molecule has 0 radical (unpaired) electrons. The lowest BCUT2D eigenvalue weighted by molar-refractivity contribution is 0.0988. The van der Waals surface area contributed by atoms with Crippen molar-refractivity contribution in [3.8, 4) is 0 Å². The third-order valence-electron chi connectivity index (χ3n) is 4.61. The highest BCUT2D eigenvalue weighted by Crippen LogP contribution is 2.34. The Kier molecular flexibility index (Phi) is 3.94. The van der Waals surface area contributed by atoms with Gasteiger partial charge in [-0.3, -0.25) is 9.78 Å². The Labute approximate surface area is 147 Å². The van der Waals surface area contributed by atoms with Gasteiger partial charge >= 0.3 is 0 Å². The third kappa shape index (κ3) is 2.87. The standard InChI is InChI=1S/C21H19N3O/c1-23(17-8-3-2-4-9-17)21(25)19-15-18(11-13-22-19)24-14-12-16-7-5-6-10-20(16)24/h2-11,13,15H,12,14H2,1H3. The van der Waals surface area contributed by atoms with Crippen LogP contribution in [0.2, 0.25) is 0 Å². The zero-order valence-corrected chi connectivity index (χ0v) is 14.1. The molecule has 3 aromatic rings. The predicted octanol–water partition coefficient (Wildman–Crippen LogP) is 4.05. The molecule has 0 fully saturated rings. The maximum absolute atomic E-state index is 12.8. The summed E-state index contributed by atoms with van der Waals surface area (Å²) in [6, 6.07) is 21.8. The summed E-state index contributed by atoms with van der Waals surface area (Å²) < 4.78 is 0. The Bertz CT molecular complexity index is 908. The Morgan fingerprint density at radius 3 is 2.64 bits per heavy atom. The average molecular weight is 329 g/mol. The smallest absolute Gasteiger partial charge is 0.276 e. The molecule has 4 rings (SSSR count). The lowest BCUT2D eigenvalue weighted by Gasteiger charge is -2.21. The van der Waals surface area contributed by atoms with Crippen molar-refractivity contribution < 1.29 is 4.79 Å². The molecule has 1 aliphatic rings. The molecule has 0 bridgehead atoms. The lowest BCUT2D eigenvalue weighted by atomic mass is 10.2. The normalized spacial score (nSPS) is 12.8. The Morgan fingerprint density at radius 2 is 1.80 bits per heavy atom. The van der Waals surface area contributed by atoms with E-state index >= 15 is 0 Å². The highest BCUT2D eigenvalue weighted by atomic mass is 16.2. The first-order valence-electron chi connectivity index (χ1n) is 8.38. The van der Waals surface area contributed by atoms with Crippen LogP contribution in [-0.4, -0.2) is 24.5 Å². The molecule has 0 aliphatic carbocycles. The predicted molar refractivity (Wildman–Crippen MR) is 101 cm³/mol. The fourth-order valence-electron chi connectivity index (χ4n) is 3.25. The number of pyridine rings is 1.